The maximum Gasteiger partial charge on any atom is 0.274 e. The number of nitro benzene ring substituents is 1. The van der Waals surface area contributed by atoms with Crippen molar-refractivity contribution >= 4 is 28.3 Å². The molecule has 0 unspecified atom stereocenters. The van der Waals surface area contributed by atoms with Crippen LogP contribution in [0.25, 0.3) is 0 Å². The molecule has 0 saturated carbocycles. The Kier molecular flexibility index (Phi) is 6.46. The van der Waals surface area contributed by atoms with Gasteiger partial charge in [0.2, 0.25) is 0 Å². The number of benzene rings is 3. The molecule has 0 amide bonds. The molecule has 0 bridgehead atoms. The summed E-state index contributed by atoms with van der Waals surface area (Å²) in [6, 6.07) is 17.6. The van der Waals surface area contributed by atoms with Crippen LogP contribution < -0.4 is 9.47 Å². The maximum atomic E-state index is 11.5. The van der Waals surface area contributed by atoms with Gasteiger partial charge < -0.3 is 9.47 Å². The molecule has 1 aliphatic carbocycles. The molecule has 0 aromatic heterocycles. The number of rotatable bonds is 7. The molecule has 6 heteroatoms. The normalized spacial score (nSPS) is 12.6. The molecule has 0 radical (unpaired) electrons. The van der Waals surface area contributed by atoms with E-state index in [0.717, 1.165) is 62.3 Å². The zero-order chi connectivity index (χ0) is 22.0. The van der Waals surface area contributed by atoms with Crippen molar-refractivity contribution in [2.24, 2.45) is 0 Å². The summed E-state index contributed by atoms with van der Waals surface area (Å²) in [7, 11) is 0. The first-order valence-electron chi connectivity index (χ1n) is 10.4. The molecule has 0 N–H and O–H groups in total. The fourth-order valence-electron chi connectivity index (χ4n) is 3.99. The van der Waals surface area contributed by atoms with Crippen molar-refractivity contribution in [2.45, 2.75) is 45.6 Å². The second-order valence-corrected chi connectivity index (χ2v) is 9.17. The van der Waals surface area contributed by atoms with Gasteiger partial charge in [0.05, 0.1) is 8.49 Å². The van der Waals surface area contributed by atoms with Crippen LogP contribution >= 0.6 is 22.6 Å². The van der Waals surface area contributed by atoms with E-state index >= 15 is 0 Å². The minimum absolute atomic E-state index is 0.205. The van der Waals surface area contributed by atoms with Gasteiger partial charge in [-0.2, -0.15) is 0 Å². The lowest BCUT2D eigenvalue weighted by Gasteiger charge is -2.18. The van der Waals surface area contributed by atoms with Gasteiger partial charge in [0.15, 0.2) is 0 Å². The van der Waals surface area contributed by atoms with Crippen molar-refractivity contribution in [3.05, 3.63) is 90.5 Å². The average molecular weight is 529 g/mol. The topological polar surface area (TPSA) is 61.6 Å². The summed E-state index contributed by atoms with van der Waals surface area (Å²) in [6.07, 6.45) is 2.44. The van der Waals surface area contributed by atoms with Gasteiger partial charge in [-0.3, -0.25) is 10.1 Å². The van der Waals surface area contributed by atoms with Gasteiger partial charge in [-0.1, -0.05) is 44.2 Å². The highest BCUT2D eigenvalue weighted by molar-refractivity contribution is 14.1. The van der Waals surface area contributed by atoms with Gasteiger partial charge in [-0.15, -0.1) is 0 Å². The molecule has 0 spiro atoms. The summed E-state index contributed by atoms with van der Waals surface area (Å²) in [6.45, 7) is 4.76. The van der Waals surface area contributed by atoms with E-state index in [-0.39, 0.29) is 16.5 Å². The van der Waals surface area contributed by atoms with Gasteiger partial charge in [-0.05, 0) is 71.5 Å². The first kappa shape index (κ1) is 21.6. The molecule has 3 aromatic carbocycles. The Balaban J connectivity index is 1.62. The van der Waals surface area contributed by atoms with Crippen LogP contribution in [0.1, 0.15) is 48.4 Å². The Labute approximate surface area is 195 Å². The van der Waals surface area contributed by atoms with Crippen LogP contribution in [-0.2, 0) is 19.4 Å². The minimum atomic E-state index is -0.286. The first-order chi connectivity index (χ1) is 14.9. The predicted octanol–water partition coefficient (Wildman–Crippen LogP) is 7.18. The van der Waals surface area contributed by atoms with Crippen molar-refractivity contribution < 1.29 is 14.4 Å². The summed E-state index contributed by atoms with van der Waals surface area (Å²) in [5.41, 5.74) is 4.17. The molecule has 160 valence electrons. The summed E-state index contributed by atoms with van der Waals surface area (Å²) in [4.78, 5) is 11.2. The van der Waals surface area contributed by atoms with Crippen LogP contribution in [0, 0.1) is 13.7 Å². The number of nitrogens with zero attached hydrogens (tertiary/aromatic N) is 1. The third-order valence-electron chi connectivity index (χ3n) is 5.54. The standard InChI is InChI=1S/C25H24INO4/c1-16(2)21-13-18(11-12-24(21)30-15-17-7-4-3-5-8-17)31-25-20-10-6-9-19(20)23(27(28)29)14-22(25)26/h3-5,7-8,11-14,16H,6,9-10,15H2,1-2H3. The third kappa shape index (κ3) is 4.69. The summed E-state index contributed by atoms with van der Waals surface area (Å²) in [5, 5.41) is 11.5. The number of halogens is 1. The number of nitro groups is 1. The molecule has 0 aliphatic heterocycles. The van der Waals surface area contributed by atoms with E-state index in [0.29, 0.717) is 6.61 Å². The smallest absolute Gasteiger partial charge is 0.274 e. The van der Waals surface area contributed by atoms with Crippen LogP contribution in [0.15, 0.2) is 54.6 Å². The Morgan fingerprint density at radius 1 is 1.06 bits per heavy atom. The third-order valence-corrected chi connectivity index (χ3v) is 6.34. The second kappa shape index (κ2) is 9.26. The van der Waals surface area contributed by atoms with E-state index in [4.69, 9.17) is 9.47 Å². The Morgan fingerprint density at radius 2 is 1.81 bits per heavy atom. The molecule has 0 saturated heterocycles. The van der Waals surface area contributed by atoms with E-state index in [1.807, 2.05) is 48.5 Å². The fraction of sp³-hybridized carbons (Fsp3) is 0.280. The van der Waals surface area contributed by atoms with E-state index in [2.05, 4.69) is 36.4 Å². The molecule has 1 aliphatic rings. The number of ether oxygens (including phenoxy) is 2. The highest BCUT2D eigenvalue weighted by atomic mass is 127. The number of hydrogen-bond donors (Lipinski definition) is 0. The van der Waals surface area contributed by atoms with Crippen molar-refractivity contribution in [3.63, 3.8) is 0 Å². The van der Waals surface area contributed by atoms with Crippen LogP contribution in [0.2, 0.25) is 0 Å². The minimum Gasteiger partial charge on any atom is -0.489 e. The molecule has 0 fully saturated rings. The molecule has 0 heterocycles. The monoisotopic (exact) mass is 529 g/mol. The SMILES string of the molecule is CC(C)c1cc(Oc2c(I)cc([N+](=O)[O-])c3c2CCC3)ccc1OCc1ccccc1. The van der Waals surface area contributed by atoms with E-state index in [1.54, 1.807) is 6.07 Å². The van der Waals surface area contributed by atoms with Crippen molar-refractivity contribution in [3.8, 4) is 17.2 Å². The van der Waals surface area contributed by atoms with Crippen molar-refractivity contribution in [2.75, 3.05) is 0 Å². The second-order valence-electron chi connectivity index (χ2n) is 8.01. The van der Waals surface area contributed by atoms with Gasteiger partial charge in [0.25, 0.3) is 5.69 Å². The zero-order valence-electron chi connectivity index (χ0n) is 17.6. The molecular weight excluding hydrogens is 505 g/mol. The molecular formula is C25H24INO4. The lowest BCUT2D eigenvalue weighted by Crippen LogP contribution is -2.02. The Morgan fingerprint density at radius 3 is 2.52 bits per heavy atom. The van der Waals surface area contributed by atoms with Crippen LogP contribution in [0.5, 0.6) is 17.2 Å². The quantitative estimate of drug-likeness (QED) is 0.185. The Bertz CT molecular complexity index is 1110. The number of fused-ring (bicyclic) bond motifs is 1. The average Bonchev–Trinajstić information content (AvgIpc) is 3.24. The van der Waals surface area contributed by atoms with Gasteiger partial charge in [-0.25, -0.2) is 0 Å². The predicted molar refractivity (Wildman–Crippen MR) is 129 cm³/mol. The maximum absolute atomic E-state index is 11.5. The summed E-state index contributed by atoms with van der Waals surface area (Å²) < 4.78 is 13.2. The van der Waals surface area contributed by atoms with Crippen LogP contribution in [-0.4, -0.2) is 4.92 Å². The molecule has 3 aromatic rings. The van der Waals surface area contributed by atoms with E-state index in [1.165, 1.54) is 0 Å². The van der Waals surface area contributed by atoms with Crippen LogP contribution in [0.3, 0.4) is 0 Å². The highest BCUT2D eigenvalue weighted by Crippen LogP contribution is 2.43. The summed E-state index contributed by atoms with van der Waals surface area (Å²) in [5.74, 6) is 2.56. The van der Waals surface area contributed by atoms with E-state index < -0.39 is 0 Å². The lowest BCUT2D eigenvalue weighted by molar-refractivity contribution is -0.385. The van der Waals surface area contributed by atoms with Gasteiger partial charge >= 0.3 is 0 Å². The molecule has 31 heavy (non-hydrogen) atoms. The fourth-order valence-corrected chi connectivity index (χ4v) is 4.72. The summed E-state index contributed by atoms with van der Waals surface area (Å²) >= 11 is 2.13. The first-order valence-corrected chi connectivity index (χ1v) is 11.5. The largest absolute Gasteiger partial charge is 0.489 e. The molecule has 0 atom stereocenters. The molecule has 5 nitrogen and oxygen atoms in total. The van der Waals surface area contributed by atoms with Crippen molar-refractivity contribution in [1.82, 2.24) is 0 Å². The lowest BCUT2D eigenvalue weighted by atomic mass is 10.0. The molecule has 4 rings (SSSR count). The zero-order valence-corrected chi connectivity index (χ0v) is 19.7. The van der Waals surface area contributed by atoms with Crippen molar-refractivity contribution in [1.29, 1.82) is 0 Å². The highest BCUT2D eigenvalue weighted by Gasteiger charge is 2.28. The van der Waals surface area contributed by atoms with E-state index in [9.17, 15) is 10.1 Å². The van der Waals surface area contributed by atoms with Crippen LogP contribution in [0.4, 0.5) is 5.69 Å². The number of hydrogen-bond acceptors (Lipinski definition) is 4. The van der Waals surface area contributed by atoms with Gasteiger partial charge in [0.1, 0.15) is 23.9 Å². The van der Waals surface area contributed by atoms with Gasteiger partial charge in [0, 0.05) is 22.8 Å². The Hall–Kier alpha value is -2.61.